The molecule has 0 saturated carbocycles. The van der Waals surface area contributed by atoms with Crippen LogP contribution in [0.25, 0.3) is 54.2 Å². The summed E-state index contributed by atoms with van der Waals surface area (Å²) in [6.45, 7) is 4.81. The maximum atomic E-state index is 2.51. The molecule has 396 valence electrons. The highest BCUT2D eigenvalue weighted by Crippen LogP contribution is 2.53. The summed E-state index contributed by atoms with van der Waals surface area (Å²) in [5, 5.41) is 9.75. The van der Waals surface area contributed by atoms with Crippen LogP contribution in [0.5, 0.6) is 0 Å². The van der Waals surface area contributed by atoms with Gasteiger partial charge in [0.15, 0.2) is 0 Å². The second kappa shape index (κ2) is 20.6. The summed E-state index contributed by atoms with van der Waals surface area (Å²) >= 11 is 0. The van der Waals surface area contributed by atoms with Crippen LogP contribution in [0.2, 0.25) is 0 Å². The lowest BCUT2D eigenvalue weighted by Gasteiger charge is -2.36. The molecular formula is C79H60N4. The fourth-order valence-corrected chi connectivity index (χ4v) is 13.1. The van der Waals surface area contributed by atoms with Crippen molar-refractivity contribution in [2.75, 3.05) is 19.6 Å². The lowest BCUT2D eigenvalue weighted by atomic mass is 9.82. The lowest BCUT2D eigenvalue weighted by Crippen LogP contribution is -2.31. The molecule has 15 rings (SSSR count). The zero-order valence-electron chi connectivity index (χ0n) is 46.5. The van der Waals surface area contributed by atoms with Crippen LogP contribution in [0.3, 0.4) is 0 Å². The molecule has 1 atom stereocenters. The monoisotopic (exact) mass is 1060 g/mol. The molecule has 0 fully saturated rings. The van der Waals surface area contributed by atoms with E-state index in [4.69, 9.17) is 0 Å². The third-order valence-electron chi connectivity index (χ3n) is 17.2. The van der Waals surface area contributed by atoms with Gasteiger partial charge in [0.05, 0.1) is 11.7 Å². The Balaban J connectivity index is 0.807. The third-order valence-corrected chi connectivity index (χ3v) is 17.2. The molecule has 0 N–H and O–H groups in total. The van der Waals surface area contributed by atoms with E-state index in [1.54, 1.807) is 0 Å². The number of hydrogen-bond acceptors (Lipinski definition) is 4. The van der Waals surface area contributed by atoms with Crippen molar-refractivity contribution >= 4 is 100.0 Å². The molecule has 2 aliphatic rings. The minimum atomic E-state index is -0.324. The van der Waals surface area contributed by atoms with Gasteiger partial charge in [0.1, 0.15) is 0 Å². The van der Waals surface area contributed by atoms with Crippen molar-refractivity contribution in [2.45, 2.75) is 31.7 Å². The van der Waals surface area contributed by atoms with Gasteiger partial charge >= 0.3 is 0 Å². The summed E-state index contributed by atoms with van der Waals surface area (Å²) in [4.78, 5) is 9.79. The first-order chi connectivity index (χ1) is 40.9. The van der Waals surface area contributed by atoms with Gasteiger partial charge in [0.25, 0.3) is 0 Å². The number of rotatable bonds is 12. The molecule has 1 unspecified atom stereocenters. The van der Waals surface area contributed by atoms with E-state index in [1.807, 2.05) is 0 Å². The quantitative estimate of drug-likeness (QED) is 0.121. The maximum absolute atomic E-state index is 2.51. The molecule has 0 aromatic heterocycles. The van der Waals surface area contributed by atoms with Gasteiger partial charge in [-0.15, -0.1) is 0 Å². The van der Waals surface area contributed by atoms with Crippen molar-refractivity contribution < 1.29 is 0 Å². The van der Waals surface area contributed by atoms with Crippen molar-refractivity contribution in [1.82, 2.24) is 0 Å². The molecule has 0 spiro atoms. The summed E-state index contributed by atoms with van der Waals surface area (Å²) in [6, 6.07) is 107. The SMILES string of the molecule is CC1(C)c2cc(N(C3=CCC(N(c4ccccc4)c4cccc5ccccc45)C=C3)c3ccc4ccccc4c3)ccc2-c2ccc(N(c3ccc(N(c4ccccc4)c4cccc5ccccc45)cc3)c3ccc4ccccc4c3)cc21. The molecule has 4 heteroatoms. The zero-order valence-corrected chi connectivity index (χ0v) is 46.5. The summed E-state index contributed by atoms with van der Waals surface area (Å²) in [6.07, 6.45) is 8.02. The van der Waals surface area contributed by atoms with E-state index in [0.29, 0.717) is 0 Å². The van der Waals surface area contributed by atoms with Crippen LogP contribution >= 0.6 is 0 Å². The Morgan fingerprint density at radius 2 is 0.723 bits per heavy atom. The van der Waals surface area contributed by atoms with E-state index in [2.05, 4.69) is 343 Å². The Morgan fingerprint density at radius 3 is 1.29 bits per heavy atom. The first kappa shape index (κ1) is 49.6. The number of allylic oxidation sites excluding steroid dienone is 1. The van der Waals surface area contributed by atoms with Gasteiger partial charge in [-0.05, 0) is 176 Å². The van der Waals surface area contributed by atoms with Crippen LogP contribution in [0.15, 0.2) is 315 Å². The summed E-state index contributed by atoms with van der Waals surface area (Å²) < 4.78 is 0. The fraction of sp³-hybridized carbons (Fsp3) is 0.0633. The topological polar surface area (TPSA) is 13.0 Å². The summed E-state index contributed by atoms with van der Waals surface area (Å²) in [5.74, 6) is 0. The van der Waals surface area contributed by atoms with Gasteiger partial charge in [-0.1, -0.05) is 208 Å². The largest absolute Gasteiger partial charge is 0.334 e. The van der Waals surface area contributed by atoms with E-state index in [9.17, 15) is 0 Å². The first-order valence-electron chi connectivity index (χ1n) is 28.9. The second-order valence-electron chi connectivity index (χ2n) is 22.5. The molecule has 0 heterocycles. The first-order valence-corrected chi connectivity index (χ1v) is 28.9. The lowest BCUT2D eigenvalue weighted by molar-refractivity contribution is 0.660. The molecule has 2 aliphatic carbocycles. The molecule has 13 aromatic carbocycles. The number of benzene rings is 13. The highest BCUT2D eigenvalue weighted by molar-refractivity contribution is 6.00. The number of anilines is 10. The van der Waals surface area contributed by atoms with Crippen LogP contribution in [-0.4, -0.2) is 6.04 Å². The van der Waals surface area contributed by atoms with Crippen molar-refractivity contribution in [3.05, 3.63) is 326 Å². The molecule has 0 radical (unpaired) electrons. The minimum Gasteiger partial charge on any atom is -0.334 e. The predicted molar refractivity (Wildman–Crippen MR) is 353 cm³/mol. The Morgan fingerprint density at radius 1 is 0.313 bits per heavy atom. The predicted octanol–water partition coefficient (Wildman–Crippen LogP) is 21.7. The molecule has 0 saturated heterocycles. The van der Waals surface area contributed by atoms with Crippen LogP contribution in [0.1, 0.15) is 31.4 Å². The van der Waals surface area contributed by atoms with Gasteiger partial charge in [-0.3, -0.25) is 0 Å². The Bertz CT molecular complexity index is 4640. The normalized spacial score (nSPS) is 14.1. The van der Waals surface area contributed by atoms with Crippen molar-refractivity contribution in [3.8, 4) is 11.1 Å². The van der Waals surface area contributed by atoms with Gasteiger partial charge < -0.3 is 19.6 Å². The summed E-state index contributed by atoms with van der Waals surface area (Å²) in [7, 11) is 0. The van der Waals surface area contributed by atoms with E-state index < -0.39 is 0 Å². The molecule has 0 amide bonds. The molecule has 83 heavy (non-hydrogen) atoms. The highest BCUT2D eigenvalue weighted by atomic mass is 15.2. The number of para-hydroxylation sites is 2. The van der Waals surface area contributed by atoms with Crippen LogP contribution < -0.4 is 19.6 Å². The second-order valence-corrected chi connectivity index (χ2v) is 22.5. The average molecular weight is 1070 g/mol. The average Bonchev–Trinajstić information content (AvgIpc) is 2.93. The zero-order chi connectivity index (χ0) is 55.4. The van der Waals surface area contributed by atoms with E-state index in [1.165, 1.54) is 76.7 Å². The number of nitrogens with zero attached hydrogens (tertiary/aromatic N) is 4. The van der Waals surface area contributed by atoms with E-state index >= 15 is 0 Å². The van der Waals surface area contributed by atoms with Gasteiger partial charge in [-0.25, -0.2) is 0 Å². The van der Waals surface area contributed by atoms with Crippen molar-refractivity contribution in [1.29, 1.82) is 0 Å². The van der Waals surface area contributed by atoms with Gasteiger partial charge in [0, 0.05) is 73.1 Å². The Kier molecular flexibility index (Phi) is 12.3. The van der Waals surface area contributed by atoms with Gasteiger partial charge in [-0.2, -0.15) is 0 Å². The number of hydrogen-bond donors (Lipinski definition) is 0. The van der Waals surface area contributed by atoms with Crippen LogP contribution in [0.4, 0.5) is 56.9 Å². The molecule has 4 nitrogen and oxygen atoms in total. The highest BCUT2D eigenvalue weighted by Gasteiger charge is 2.37. The Hall–Kier alpha value is -10.4. The van der Waals surface area contributed by atoms with Gasteiger partial charge in [0.2, 0.25) is 0 Å². The maximum Gasteiger partial charge on any atom is 0.0561 e. The van der Waals surface area contributed by atoms with E-state index in [0.717, 1.165) is 57.6 Å². The van der Waals surface area contributed by atoms with Crippen LogP contribution in [0, 0.1) is 0 Å². The molecule has 13 aromatic rings. The molecular weight excluding hydrogens is 1000 g/mol. The summed E-state index contributed by atoms with van der Waals surface area (Å²) in [5.41, 5.74) is 17.3. The van der Waals surface area contributed by atoms with Crippen molar-refractivity contribution in [3.63, 3.8) is 0 Å². The van der Waals surface area contributed by atoms with Crippen LogP contribution in [-0.2, 0) is 5.41 Å². The molecule has 0 bridgehead atoms. The smallest absolute Gasteiger partial charge is 0.0561 e. The Labute approximate surface area is 486 Å². The standard InChI is InChI=1S/C79H60N4/c1-79(2)75-53-69(80(67-37-35-55-19-9-11-23-59(55)51-67)63-39-43-65(44-40-63)82(61-27-5-3-6-28-61)77-33-17-25-57-21-13-15-31-71(57)77)47-49-73(75)74-50-48-70(54-76(74)79)81(68-38-36-56-20-10-12-24-60(56)52-68)64-41-45-66(46-42-64)83(62-29-7-4-8-30-62)78-34-18-26-58-22-14-16-32-72(58)78/h3-45,47-54,66H,46H2,1-2H3. The third kappa shape index (κ3) is 8.88. The number of fused-ring (bicyclic) bond motifs is 7. The fourth-order valence-electron chi connectivity index (χ4n) is 13.1. The van der Waals surface area contributed by atoms with E-state index in [-0.39, 0.29) is 11.5 Å². The van der Waals surface area contributed by atoms with Crippen molar-refractivity contribution in [2.24, 2.45) is 0 Å². The minimum absolute atomic E-state index is 0.0965. The molecule has 0 aliphatic heterocycles.